The number of phenolic OH excluding ortho intramolecular Hbond substituents is 1. The molecular formula is C39H56N10O11S. The number of aromatic hydroxyl groups is 1. The number of primary amides is 1. The fraction of sp³-hybridized carbons (Fsp3) is 0.564. The van der Waals surface area contributed by atoms with Crippen LogP contribution >= 0.6 is 11.8 Å². The van der Waals surface area contributed by atoms with Crippen LogP contribution in [0.15, 0.2) is 35.0 Å². The third-order valence-electron chi connectivity index (χ3n) is 11.3. The van der Waals surface area contributed by atoms with Crippen LogP contribution in [-0.2, 0) is 40.0 Å². The van der Waals surface area contributed by atoms with Crippen molar-refractivity contribution >= 4 is 64.0 Å². The van der Waals surface area contributed by atoms with Gasteiger partial charge in [0, 0.05) is 42.5 Å². The lowest BCUT2D eigenvalue weighted by molar-refractivity contribution is -0.140. The number of rotatable bonds is 10. The number of carbonyl (C=O) groups is 7. The van der Waals surface area contributed by atoms with E-state index in [2.05, 4.69) is 42.2 Å². The monoisotopic (exact) mass is 872 g/mol. The number of amides is 7. The Balaban J connectivity index is 1.54. The number of nitrogens with zero attached hydrogens (tertiary/aromatic N) is 1. The van der Waals surface area contributed by atoms with Gasteiger partial charge in [0.05, 0.1) is 61.1 Å². The molecule has 0 saturated carbocycles. The zero-order valence-electron chi connectivity index (χ0n) is 34.3. The van der Waals surface area contributed by atoms with Crippen LogP contribution in [0.1, 0.15) is 45.6 Å². The molecule has 4 aliphatic rings. The standard InChI is InChI=1S/C39H56N10O11S/c1-5-17(2)32-36(58)41-13-19-8-25(43-19)35(57)45-27(12-29(40)54)39(60)49-15-21(52)10-30(49)47-33(18(3)28(53)16-50)37(59)44-26(34(56)42-14-31(55)48-32)11-23-22-7-6-20(51)9-24(22)46-38(23)61-4/h6-9,17-18,21,25-28,30,32-33,43,46-47,50-53H,5,10-16H2,1-4H3,(H2,40,54)(H,41,58)(H,42,56)(H,44,59)(H,45,57)(H,48,55)/t17-,18-,21+,25+,26+,27-,28-,30-,32-,33-/m0/s1. The normalized spacial score (nSPS) is 27.5. The van der Waals surface area contributed by atoms with Crippen molar-refractivity contribution in [3.05, 3.63) is 35.5 Å². The Bertz CT molecular complexity index is 2030. The summed E-state index contributed by atoms with van der Waals surface area (Å²) in [5.74, 6) is -6.76. The summed E-state index contributed by atoms with van der Waals surface area (Å²) < 4.78 is 0. The zero-order valence-corrected chi connectivity index (χ0v) is 35.1. The molecule has 2 saturated heterocycles. The topological polar surface area (TPSA) is 330 Å². The summed E-state index contributed by atoms with van der Waals surface area (Å²) in [7, 11) is 0. The Kier molecular flexibility index (Phi) is 15.6. The second-order valence-corrected chi connectivity index (χ2v) is 16.5. The van der Waals surface area contributed by atoms with E-state index in [4.69, 9.17) is 5.73 Å². The fourth-order valence-electron chi connectivity index (χ4n) is 7.57. The summed E-state index contributed by atoms with van der Waals surface area (Å²) in [4.78, 5) is 99.3. The fourth-order valence-corrected chi connectivity index (χ4v) is 8.22. The third kappa shape index (κ3) is 11.3. The third-order valence-corrected chi connectivity index (χ3v) is 12.1. The molecule has 2 fully saturated rings. The average molecular weight is 873 g/mol. The van der Waals surface area contributed by atoms with E-state index in [0.29, 0.717) is 33.6 Å². The van der Waals surface area contributed by atoms with Gasteiger partial charge < -0.3 is 67.9 Å². The van der Waals surface area contributed by atoms with Crippen LogP contribution in [0.5, 0.6) is 5.75 Å². The van der Waals surface area contributed by atoms with Crippen molar-refractivity contribution in [2.75, 3.05) is 32.5 Å². The second kappa shape index (κ2) is 20.4. The van der Waals surface area contributed by atoms with Crippen LogP contribution in [0.3, 0.4) is 0 Å². The molecule has 22 heteroatoms. The lowest BCUT2D eigenvalue weighted by Crippen LogP contribution is -2.62. The molecule has 1 aromatic carbocycles. The maximum absolute atomic E-state index is 14.5. The van der Waals surface area contributed by atoms with E-state index in [1.807, 2.05) is 6.92 Å². The van der Waals surface area contributed by atoms with Gasteiger partial charge in [0.1, 0.15) is 29.9 Å². The van der Waals surface area contributed by atoms with Crippen molar-refractivity contribution in [2.24, 2.45) is 17.6 Å². The molecule has 10 atom stereocenters. The van der Waals surface area contributed by atoms with E-state index in [1.165, 1.54) is 36.9 Å². The molecule has 0 radical (unpaired) electrons. The van der Waals surface area contributed by atoms with Crippen LogP contribution in [0.2, 0.25) is 0 Å². The first-order valence-corrected chi connectivity index (χ1v) is 21.3. The molecule has 6 rings (SSSR count). The molecule has 2 bridgehead atoms. The van der Waals surface area contributed by atoms with Gasteiger partial charge in [-0.3, -0.25) is 38.9 Å². The molecule has 61 heavy (non-hydrogen) atoms. The number of phenols is 1. The van der Waals surface area contributed by atoms with Gasteiger partial charge in [-0.05, 0) is 35.9 Å². The van der Waals surface area contributed by atoms with Crippen molar-refractivity contribution < 1.29 is 54.0 Å². The van der Waals surface area contributed by atoms with Crippen molar-refractivity contribution in [1.82, 2.24) is 47.1 Å². The first-order valence-electron chi connectivity index (χ1n) is 20.1. The van der Waals surface area contributed by atoms with Crippen molar-refractivity contribution in [3.8, 4) is 5.75 Å². The van der Waals surface area contributed by atoms with E-state index >= 15 is 0 Å². The van der Waals surface area contributed by atoms with Crippen LogP contribution in [0, 0.1) is 11.8 Å². The number of H-pyrrole nitrogens is 1. The van der Waals surface area contributed by atoms with Gasteiger partial charge in [-0.15, -0.1) is 11.8 Å². The summed E-state index contributed by atoms with van der Waals surface area (Å²) in [6.07, 6.45) is -0.845. The van der Waals surface area contributed by atoms with Crippen molar-refractivity contribution in [2.45, 2.75) is 100 Å². The van der Waals surface area contributed by atoms with Crippen molar-refractivity contribution in [1.29, 1.82) is 0 Å². The number of nitrogens with two attached hydrogens (primary N) is 1. The van der Waals surface area contributed by atoms with E-state index in [-0.39, 0.29) is 37.6 Å². The average Bonchev–Trinajstić information content (AvgIpc) is 3.75. The summed E-state index contributed by atoms with van der Waals surface area (Å²) in [5, 5.41) is 62.1. The summed E-state index contributed by atoms with van der Waals surface area (Å²) in [5.41, 5.74) is 7.08. The molecule has 1 aromatic heterocycles. The van der Waals surface area contributed by atoms with E-state index in [9.17, 15) is 54.0 Å². The molecule has 0 aliphatic carbocycles. The Morgan fingerprint density at radius 1 is 0.951 bits per heavy atom. The largest absolute Gasteiger partial charge is 0.508 e. The molecule has 2 aromatic rings. The molecule has 5 heterocycles. The van der Waals surface area contributed by atoms with Crippen molar-refractivity contribution in [3.63, 3.8) is 0 Å². The summed E-state index contributed by atoms with van der Waals surface area (Å²) in [6, 6.07) is -1.70. The highest BCUT2D eigenvalue weighted by atomic mass is 32.2. The molecule has 0 unspecified atom stereocenters. The number of hydrogen-bond acceptors (Lipinski definition) is 14. The highest BCUT2D eigenvalue weighted by molar-refractivity contribution is 7.98. The molecule has 334 valence electrons. The predicted octanol–water partition coefficient (Wildman–Crippen LogP) is -3.52. The van der Waals surface area contributed by atoms with Crippen LogP contribution < -0.4 is 43.0 Å². The number of hydrogen-bond donors (Lipinski definition) is 13. The second-order valence-electron chi connectivity index (χ2n) is 15.7. The first kappa shape index (κ1) is 46.6. The minimum absolute atomic E-state index is 0.0117. The lowest BCUT2D eigenvalue weighted by Gasteiger charge is -2.35. The van der Waals surface area contributed by atoms with Crippen LogP contribution in [0.25, 0.3) is 10.9 Å². The number of fused-ring (bicyclic) bond motifs is 17. The van der Waals surface area contributed by atoms with E-state index in [1.54, 1.807) is 19.2 Å². The highest BCUT2D eigenvalue weighted by Crippen LogP contribution is 2.32. The van der Waals surface area contributed by atoms with Crippen LogP contribution in [0.4, 0.5) is 0 Å². The number of nitrogens with one attached hydrogen (secondary N) is 8. The number of thioether (sulfide) groups is 1. The van der Waals surface area contributed by atoms with Gasteiger partial charge in [0.2, 0.25) is 41.4 Å². The van der Waals surface area contributed by atoms with Gasteiger partial charge in [0.25, 0.3) is 0 Å². The highest BCUT2D eigenvalue weighted by Gasteiger charge is 2.43. The number of carbonyl (C=O) groups excluding carboxylic acids is 7. The van der Waals surface area contributed by atoms with Gasteiger partial charge in [-0.2, -0.15) is 0 Å². The predicted molar refractivity (Wildman–Crippen MR) is 221 cm³/mol. The number of aromatic nitrogens is 1. The zero-order chi connectivity index (χ0) is 44.7. The Hall–Kier alpha value is -5.42. The number of aliphatic hydroxyl groups excluding tert-OH is 3. The lowest BCUT2D eigenvalue weighted by atomic mass is 9.94. The SMILES string of the molecule is CC[C@H](C)[C@@H]1NC(=O)CNC(=O)[C@@H](Cc2c(SC)[nH]c3cc(O)ccc23)NC(=O)[C@H]([C@@H](C)[C@@H](O)CO)N[C@@H]2C[C@@H](O)CN2C(=O)[C@H](CC(N)=O)NC(=O)[C@H]2C=C(CNC1=O)N2. The van der Waals surface area contributed by atoms with Gasteiger partial charge >= 0.3 is 0 Å². The maximum atomic E-state index is 14.5. The number of aliphatic hydroxyl groups is 3. The summed E-state index contributed by atoms with van der Waals surface area (Å²) in [6.45, 7) is 3.38. The smallest absolute Gasteiger partial charge is 0.247 e. The van der Waals surface area contributed by atoms with Gasteiger partial charge in [-0.1, -0.05) is 27.2 Å². The Labute approximate surface area is 355 Å². The van der Waals surface area contributed by atoms with Gasteiger partial charge in [-0.25, -0.2) is 0 Å². The summed E-state index contributed by atoms with van der Waals surface area (Å²) >= 11 is 1.32. The first-order chi connectivity index (χ1) is 28.9. The maximum Gasteiger partial charge on any atom is 0.247 e. The van der Waals surface area contributed by atoms with Crippen LogP contribution in [-0.4, -0.2) is 153 Å². The number of aromatic amines is 1. The molecule has 7 amide bonds. The van der Waals surface area contributed by atoms with E-state index < -0.39 is 115 Å². The molecule has 4 aliphatic heterocycles. The Morgan fingerprint density at radius 3 is 2.30 bits per heavy atom. The Morgan fingerprint density at radius 2 is 1.64 bits per heavy atom. The molecular weight excluding hydrogens is 817 g/mol. The minimum Gasteiger partial charge on any atom is -0.508 e. The number of benzene rings is 1. The quantitative estimate of drug-likeness (QED) is 0.0814. The van der Waals surface area contributed by atoms with E-state index in [0.717, 1.165) is 4.90 Å². The van der Waals surface area contributed by atoms with Gasteiger partial charge in [0.15, 0.2) is 0 Å². The minimum atomic E-state index is -1.50. The molecule has 21 nitrogen and oxygen atoms in total. The molecule has 0 spiro atoms. The molecule has 14 N–H and O–H groups in total.